The molecule has 8 heavy (non-hydrogen) atoms. The summed E-state index contributed by atoms with van der Waals surface area (Å²) in [6, 6.07) is 0. The molecule has 0 aliphatic heterocycles. The minimum atomic E-state index is 1.45. The summed E-state index contributed by atoms with van der Waals surface area (Å²) in [7, 11) is 0. The fourth-order valence-corrected chi connectivity index (χ4v) is 0.217. The molecule has 0 spiro atoms. The van der Waals surface area contributed by atoms with Crippen molar-refractivity contribution in [2.24, 2.45) is 0 Å². The minimum absolute atomic E-state index is 1.45. The number of hydrogen-bond acceptors (Lipinski definition) is 2. The quantitative estimate of drug-likeness (QED) is 0.271. The molecule has 0 bridgehead atoms. The summed E-state index contributed by atoms with van der Waals surface area (Å²) in [5.74, 6) is 0. The van der Waals surface area contributed by atoms with Crippen molar-refractivity contribution in [1.29, 1.82) is 0 Å². The van der Waals surface area contributed by atoms with Crippen molar-refractivity contribution in [1.82, 2.24) is 0 Å². The Morgan fingerprint density at radius 3 is 1.88 bits per heavy atom. The van der Waals surface area contributed by atoms with Crippen molar-refractivity contribution in [3.63, 3.8) is 0 Å². The Morgan fingerprint density at radius 1 is 1.25 bits per heavy atom. The van der Waals surface area contributed by atoms with Crippen LogP contribution in [0.3, 0.4) is 0 Å². The molecule has 0 rings (SSSR count). The number of allylic oxidation sites excluding steroid dienone is 3. The summed E-state index contributed by atoms with van der Waals surface area (Å²) in [6.45, 7) is 4.95. The first-order chi connectivity index (χ1) is 3.91. The van der Waals surface area contributed by atoms with Gasteiger partial charge in [-0.1, -0.05) is 0 Å². The van der Waals surface area contributed by atoms with Crippen LogP contribution in [0.2, 0.25) is 0 Å². The zero-order valence-corrected chi connectivity index (χ0v) is 5.16. The fourth-order valence-electron chi connectivity index (χ4n) is 0.101. The van der Waals surface area contributed by atoms with Gasteiger partial charge in [-0.3, -0.25) is 10.5 Å². The molecule has 0 aliphatic carbocycles. The van der Waals surface area contributed by atoms with E-state index in [1.54, 1.807) is 17.1 Å². The standard InChI is InChI=1S/C5H5.Co.H2O2/c1-3-5-4-2;;1-2/h1-5H;;1-2H/q-1;;/b5-3-;;. The van der Waals surface area contributed by atoms with Gasteiger partial charge in [-0.05, 0) is 0 Å². The molecular weight excluding hydrogens is 151 g/mol. The van der Waals surface area contributed by atoms with E-state index in [-0.39, 0.29) is 0 Å². The molecule has 2 N–H and O–H groups in total. The van der Waals surface area contributed by atoms with Crippen LogP contribution in [0, 0.1) is 6.58 Å². The summed E-state index contributed by atoms with van der Waals surface area (Å²) in [5.41, 5.74) is 0. The van der Waals surface area contributed by atoms with E-state index >= 15 is 0 Å². The van der Waals surface area contributed by atoms with E-state index in [1.807, 2.05) is 0 Å². The predicted octanol–water partition coefficient (Wildman–Crippen LogP) is 0.898. The summed E-state index contributed by atoms with van der Waals surface area (Å²) in [4.78, 5) is 1.61. The molecule has 0 aliphatic rings. The molecule has 0 unspecified atom stereocenters. The van der Waals surface area contributed by atoms with Crippen LogP contribution in [-0.2, 0) is 15.3 Å². The SMILES string of the molecule is OO.[CH-]=C/C=C\[CH]=[Co]. The van der Waals surface area contributed by atoms with Crippen molar-refractivity contribution in [2.75, 3.05) is 0 Å². The molecule has 0 saturated carbocycles. The van der Waals surface area contributed by atoms with E-state index in [2.05, 4.69) is 15.3 Å². The second kappa shape index (κ2) is 15.9. The first-order valence-electron chi connectivity index (χ1n) is 1.73. The Hall–Kier alpha value is -0.224. The van der Waals surface area contributed by atoms with Gasteiger partial charge in [0, 0.05) is 0 Å². The van der Waals surface area contributed by atoms with Gasteiger partial charge in [0.25, 0.3) is 0 Å². The summed E-state index contributed by atoms with van der Waals surface area (Å²) in [5, 5.41) is 12.0. The Labute approximate surface area is 56.2 Å². The second-order valence-electron chi connectivity index (χ2n) is 0.688. The topological polar surface area (TPSA) is 40.5 Å². The van der Waals surface area contributed by atoms with Crippen molar-refractivity contribution in [2.45, 2.75) is 0 Å². The second-order valence-corrected chi connectivity index (χ2v) is 1.04. The average Bonchev–Trinajstić information content (AvgIpc) is 1.88. The number of hydrogen-bond donors (Lipinski definition) is 2. The summed E-state index contributed by atoms with van der Waals surface area (Å²) >= 11 is 3.81. The Morgan fingerprint density at radius 2 is 1.75 bits per heavy atom. The Kier molecular flexibility index (Phi) is 21.2. The van der Waals surface area contributed by atoms with E-state index in [0.717, 1.165) is 0 Å². The molecule has 0 heterocycles. The van der Waals surface area contributed by atoms with E-state index in [9.17, 15) is 0 Å². The van der Waals surface area contributed by atoms with Gasteiger partial charge >= 0.3 is 45.1 Å². The van der Waals surface area contributed by atoms with E-state index < -0.39 is 0 Å². The Balaban J connectivity index is 0. The maximum absolute atomic E-state index is 6.00. The van der Waals surface area contributed by atoms with Crippen LogP contribution in [-0.4, -0.2) is 15.5 Å². The maximum atomic E-state index is 6.00. The third-order valence-corrected chi connectivity index (χ3v) is 0.487. The molecule has 2 nitrogen and oxygen atoms in total. The van der Waals surface area contributed by atoms with Gasteiger partial charge in [-0.15, -0.1) is 0 Å². The van der Waals surface area contributed by atoms with Crippen molar-refractivity contribution < 1.29 is 25.8 Å². The zero-order valence-electron chi connectivity index (χ0n) is 4.11. The molecule has 0 aromatic carbocycles. The molecule has 3 heteroatoms. The van der Waals surface area contributed by atoms with Crippen LogP contribution in [0.4, 0.5) is 0 Å². The predicted molar refractivity (Wildman–Crippen MR) is 29.3 cm³/mol. The van der Waals surface area contributed by atoms with Crippen molar-refractivity contribution in [3.8, 4) is 0 Å². The van der Waals surface area contributed by atoms with E-state index in [1.165, 1.54) is 6.08 Å². The van der Waals surface area contributed by atoms with Gasteiger partial charge < -0.3 is 0 Å². The van der Waals surface area contributed by atoms with Crippen molar-refractivity contribution in [3.05, 3.63) is 24.8 Å². The van der Waals surface area contributed by atoms with Crippen molar-refractivity contribution >= 4 is 4.96 Å². The Bertz CT molecular complexity index is 68.5. The normalized spacial score (nSPS) is 7.38. The van der Waals surface area contributed by atoms with Crippen LogP contribution in [0.25, 0.3) is 0 Å². The van der Waals surface area contributed by atoms with E-state index in [0.29, 0.717) is 0 Å². The molecule has 0 atom stereocenters. The third-order valence-electron chi connectivity index (χ3n) is 0.286. The first kappa shape index (κ1) is 10.7. The average molecular weight is 158 g/mol. The van der Waals surface area contributed by atoms with Crippen LogP contribution < -0.4 is 0 Å². The molecule has 0 radical (unpaired) electrons. The number of rotatable bonds is 2. The van der Waals surface area contributed by atoms with Gasteiger partial charge in [0.1, 0.15) is 0 Å². The molecule has 0 aromatic heterocycles. The van der Waals surface area contributed by atoms with Gasteiger partial charge in [0.15, 0.2) is 0 Å². The molecule has 0 aromatic rings. The van der Waals surface area contributed by atoms with Gasteiger partial charge in [0.05, 0.1) is 0 Å². The first-order valence-corrected chi connectivity index (χ1v) is 2.33. The summed E-state index contributed by atoms with van der Waals surface area (Å²) < 4.78 is 0. The zero-order chi connectivity index (χ0) is 6.83. The van der Waals surface area contributed by atoms with Crippen LogP contribution in [0.5, 0.6) is 0 Å². The van der Waals surface area contributed by atoms with E-state index in [4.69, 9.17) is 17.1 Å². The van der Waals surface area contributed by atoms with Gasteiger partial charge in [0.2, 0.25) is 0 Å². The van der Waals surface area contributed by atoms with Gasteiger partial charge in [-0.25, -0.2) is 0 Å². The molecule has 0 amide bonds. The molecule has 0 saturated heterocycles. The third kappa shape index (κ3) is 17.1. The molecule has 49 valence electrons. The van der Waals surface area contributed by atoms with Crippen LogP contribution >= 0.6 is 0 Å². The fraction of sp³-hybridized carbons (Fsp3) is 0. The monoisotopic (exact) mass is 158 g/mol. The molecular formula is C5H7CoO2-. The summed E-state index contributed by atoms with van der Waals surface area (Å²) in [6.07, 6.45) is 4.89. The van der Waals surface area contributed by atoms with Gasteiger partial charge in [-0.2, -0.15) is 0 Å². The van der Waals surface area contributed by atoms with Crippen LogP contribution in [0.15, 0.2) is 18.2 Å². The van der Waals surface area contributed by atoms with Crippen LogP contribution in [0.1, 0.15) is 0 Å². The molecule has 0 fully saturated rings.